The smallest absolute Gasteiger partial charge is 0.421 e. The molecule has 8 nitrogen and oxygen atoms in total. The summed E-state index contributed by atoms with van der Waals surface area (Å²) in [6.07, 6.45) is -1.22. The van der Waals surface area contributed by atoms with Crippen LogP contribution in [-0.4, -0.2) is 30.7 Å². The molecule has 182 valence electrons. The maximum Gasteiger partial charge on any atom is 0.421 e. The normalized spacial score (nSPS) is 16.3. The molecule has 0 aliphatic carbocycles. The van der Waals surface area contributed by atoms with E-state index in [0.717, 1.165) is 12.0 Å². The number of hydrogen-bond acceptors (Lipinski definition) is 7. The van der Waals surface area contributed by atoms with E-state index in [4.69, 9.17) is 9.47 Å². The predicted octanol–water partition coefficient (Wildman–Crippen LogP) is 4.83. The lowest BCUT2D eigenvalue weighted by atomic mass is 9.69. The lowest BCUT2D eigenvalue weighted by molar-refractivity contribution is -0.138. The fraction of sp³-hybridized carbons (Fsp3) is 0.250. The molecule has 0 unspecified atom stereocenters. The van der Waals surface area contributed by atoms with Gasteiger partial charge in [-0.15, -0.1) is 0 Å². The molecule has 0 fully saturated rings. The first-order valence-corrected chi connectivity index (χ1v) is 11.0. The molecule has 2 aromatic carbocycles. The third-order valence-electron chi connectivity index (χ3n) is 5.79. The number of benzene rings is 2. The van der Waals surface area contributed by atoms with Crippen molar-refractivity contribution in [1.29, 1.82) is 10.5 Å². The van der Waals surface area contributed by atoms with E-state index in [-0.39, 0.29) is 28.8 Å². The Morgan fingerprint density at radius 1 is 1.03 bits per heavy atom. The number of methoxy groups -OCH3 is 1. The second-order valence-electron chi connectivity index (χ2n) is 9.13. The number of para-hydroxylation sites is 1. The molecule has 2 amide bonds. The van der Waals surface area contributed by atoms with Crippen molar-refractivity contribution >= 4 is 29.2 Å². The highest BCUT2D eigenvalue weighted by Crippen LogP contribution is 2.51. The number of rotatable bonds is 5. The summed E-state index contributed by atoms with van der Waals surface area (Å²) in [5.74, 6) is -1.66. The van der Waals surface area contributed by atoms with Crippen LogP contribution >= 0.6 is 0 Å². The van der Waals surface area contributed by atoms with Crippen molar-refractivity contribution in [3.63, 3.8) is 0 Å². The second kappa shape index (κ2) is 9.89. The molecule has 1 atom stereocenters. The van der Waals surface area contributed by atoms with Crippen molar-refractivity contribution in [2.45, 2.75) is 38.2 Å². The lowest BCUT2D eigenvalue weighted by Gasteiger charge is -2.31. The number of fused-ring (bicyclic) bond motifs is 1. The van der Waals surface area contributed by atoms with Gasteiger partial charge >= 0.3 is 12.1 Å². The first-order valence-electron chi connectivity index (χ1n) is 11.0. The molecule has 0 radical (unpaired) electrons. The van der Waals surface area contributed by atoms with E-state index in [9.17, 15) is 24.9 Å². The van der Waals surface area contributed by atoms with Gasteiger partial charge in [0.15, 0.2) is 0 Å². The number of nitriles is 2. The first kappa shape index (κ1) is 25.9. The number of amides is 2. The molecule has 3 rings (SSSR count). The van der Waals surface area contributed by atoms with Gasteiger partial charge in [0.05, 0.1) is 18.4 Å². The van der Waals surface area contributed by atoms with Gasteiger partial charge in [-0.1, -0.05) is 55.1 Å². The Kier molecular flexibility index (Phi) is 7.12. The van der Waals surface area contributed by atoms with Gasteiger partial charge in [-0.2, -0.15) is 10.5 Å². The Bertz CT molecular complexity index is 1340. The zero-order chi connectivity index (χ0) is 26.7. The summed E-state index contributed by atoms with van der Waals surface area (Å²) < 4.78 is 10.4. The van der Waals surface area contributed by atoms with Gasteiger partial charge in [-0.05, 0) is 50.0 Å². The SMILES string of the molecule is C=C(C(=O)OC)[C@@]1(CC(=C(C#N)C#N)c2ccccc2)C(=O)N(C(=O)OC(C)(C)C)c2ccccc21. The van der Waals surface area contributed by atoms with E-state index in [0.29, 0.717) is 11.1 Å². The molecule has 0 saturated heterocycles. The van der Waals surface area contributed by atoms with E-state index in [1.54, 1.807) is 75.4 Å². The fourth-order valence-electron chi connectivity index (χ4n) is 4.20. The fourth-order valence-corrected chi connectivity index (χ4v) is 4.20. The monoisotopic (exact) mass is 483 g/mol. The Morgan fingerprint density at radius 3 is 2.17 bits per heavy atom. The van der Waals surface area contributed by atoms with Crippen molar-refractivity contribution in [2.75, 3.05) is 12.0 Å². The van der Waals surface area contributed by atoms with Crippen molar-refractivity contribution in [3.8, 4) is 12.1 Å². The number of imide groups is 1. The minimum Gasteiger partial charge on any atom is -0.466 e. The largest absolute Gasteiger partial charge is 0.466 e. The summed E-state index contributed by atoms with van der Waals surface area (Å²) in [5.41, 5.74) is -1.97. The van der Waals surface area contributed by atoms with E-state index in [1.807, 2.05) is 12.1 Å². The van der Waals surface area contributed by atoms with Crippen LogP contribution in [0, 0.1) is 22.7 Å². The summed E-state index contributed by atoms with van der Waals surface area (Å²) in [6.45, 7) is 8.89. The molecular weight excluding hydrogens is 458 g/mol. The Morgan fingerprint density at radius 2 is 1.61 bits per heavy atom. The average molecular weight is 484 g/mol. The van der Waals surface area contributed by atoms with Crippen LogP contribution in [0.25, 0.3) is 5.57 Å². The number of allylic oxidation sites excluding steroid dienone is 2. The summed E-state index contributed by atoms with van der Waals surface area (Å²) in [6, 6.07) is 18.8. The highest BCUT2D eigenvalue weighted by molar-refractivity contribution is 6.25. The van der Waals surface area contributed by atoms with Crippen LogP contribution in [0.4, 0.5) is 10.5 Å². The summed E-state index contributed by atoms with van der Waals surface area (Å²) in [7, 11) is 1.15. The molecule has 0 bridgehead atoms. The van der Waals surface area contributed by atoms with Gasteiger partial charge in [0, 0.05) is 0 Å². The van der Waals surface area contributed by atoms with Gasteiger partial charge in [0.25, 0.3) is 5.91 Å². The molecule has 0 aromatic heterocycles. The van der Waals surface area contributed by atoms with Gasteiger partial charge in [0.2, 0.25) is 0 Å². The molecule has 0 saturated carbocycles. The zero-order valence-corrected chi connectivity index (χ0v) is 20.5. The molecule has 0 spiro atoms. The molecular formula is C28H25N3O5. The van der Waals surface area contributed by atoms with Gasteiger partial charge in [-0.25, -0.2) is 14.5 Å². The van der Waals surface area contributed by atoms with Crippen molar-refractivity contribution in [2.24, 2.45) is 0 Å². The van der Waals surface area contributed by atoms with Crippen LogP contribution in [0.1, 0.15) is 38.3 Å². The Balaban J connectivity index is 2.34. The molecule has 0 N–H and O–H groups in total. The molecule has 8 heteroatoms. The van der Waals surface area contributed by atoms with Crippen molar-refractivity contribution < 1.29 is 23.9 Å². The number of carbonyl (C=O) groups excluding carboxylic acids is 3. The minimum absolute atomic E-state index is 0.213. The van der Waals surface area contributed by atoms with Gasteiger partial charge in [0.1, 0.15) is 28.7 Å². The molecule has 2 aromatic rings. The van der Waals surface area contributed by atoms with Crippen LogP contribution in [-0.2, 0) is 24.5 Å². The molecule has 1 heterocycles. The molecule has 1 aliphatic rings. The van der Waals surface area contributed by atoms with Crippen LogP contribution < -0.4 is 4.90 Å². The third kappa shape index (κ3) is 4.49. The highest BCUT2D eigenvalue weighted by atomic mass is 16.6. The summed E-state index contributed by atoms with van der Waals surface area (Å²) in [4.78, 5) is 41.1. The van der Waals surface area contributed by atoms with Gasteiger partial charge in [-0.3, -0.25) is 4.79 Å². The topological polar surface area (TPSA) is 120 Å². The number of hydrogen-bond donors (Lipinski definition) is 0. The van der Waals surface area contributed by atoms with Crippen LogP contribution in [0.15, 0.2) is 72.3 Å². The highest BCUT2D eigenvalue weighted by Gasteiger charge is 2.57. The standard InChI is InChI=1S/C28H25N3O5/c1-18(24(32)35-5)28(15-21(20(16-29)17-30)19-11-7-6-8-12-19)22-13-9-10-14-23(22)31(25(28)33)26(34)36-27(2,3)4/h6-14H,1,15H2,2-5H3/t28-/m1/s1. The second-order valence-corrected chi connectivity index (χ2v) is 9.13. The maximum absolute atomic E-state index is 14.2. The predicted molar refractivity (Wildman–Crippen MR) is 132 cm³/mol. The van der Waals surface area contributed by atoms with E-state index in [2.05, 4.69) is 6.58 Å². The summed E-state index contributed by atoms with van der Waals surface area (Å²) >= 11 is 0. The van der Waals surface area contributed by atoms with Crippen LogP contribution in [0.2, 0.25) is 0 Å². The Hall–Kier alpha value is -4.69. The van der Waals surface area contributed by atoms with Gasteiger partial charge < -0.3 is 9.47 Å². The third-order valence-corrected chi connectivity index (χ3v) is 5.79. The van der Waals surface area contributed by atoms with Crippen molar-refractivity contribution in [1.82, 2.24) is 0 Å². The number of ether oxygens (including phenoxy) is 2. The average Bonchev–Trinajstić information content (AvgIpc) is 3.11. The van der Waals surface area contributed by atoms with E-state index in [1.165, 1.54) is 0 Å². The van der Waals surface area contributed by atoms with E-state index < -0.39 is 29.0 Å². The number of carbonyl (C=O) groups is 3. The lowest BCUT2D eigenvalue weighted by Crippen LogP contribution is -2.47. The molecule has 1 aliphatic heterocycles. The minimum atomic E-state index is -1.84. The Labute approximate surface area is 209 Å². The van der Waals surface area contributed by atoms with E-state index >= 15 is 0 Å². The number of nitrogens with zero attached hydrogens (tertiary/aromatic N) is 3. The summed E-state index contributed by atoms with van der Waals surface area (Å²) in [5, 5.41) is 19.4. The quantitative estimate of drug-likeness (QED) is 0.339. The maximum atomic E-state index is 14.2. The number of anilines is 1. The zero-order valence-electron chi connectivity index (χ0n) is 20.5. The molecule has 36 heavy (non-hydrogen) atoms. The van der Waals surface area contributed by atoms with Crippen LogP contribution in [0.3, 0.4) is 0 Å². The number of esters is 1. The first-order chi connectivity index (χ1) is 17.0. The van der Waals surface area contributed by atoms with Crippen LogP contribution in [0.5, 0.6) is 0 Å². The van der Waals surface area contributed by atoms with Crippen molar-refractivity contribution in [3.05, 3.63) is 83.4 Å².